The molecule has 2 heterocycles. The summed E-state index contributed by atoms with van der Waals surface area (Å²) in [6, 6.07) is 16.3. The number of nitrogens with zero attached hydrogens (tertiary/aromatic N) is 1. The number of ketones is 1. The lowest BCUT2D eigenvalue weighted by atomic mass is 10.1. The van der Waals surface area contributed by atoms with Crippen molar-refractivity contribution < 1.29 is 18.1 Å². The number of carbonyl (C=O) groups excluding carboxylic acids is 1. The minimum absolute atomic E-state index is 0.101. The molecule has 0 unspecified atom stereocenters. The number of para-hydroxylation sites is 1. The first kappa shape index (κ1) is 18.9. The maximum absolute atomic E-state index is 12.9. The molecule has 1 saturated heterocycles. The van der Waals surface area contributed by atoms with Crippen molar-refractivity contribution in [3.63, 3.8) is 0 Å². The number of rotatable bonds is 5. The Labute approximate surface area is 164 Å². The van der Waals surface area contributed by atoms with Crippen LogP contribution < -0.4 is 4.90 Å². The highest BCUT2D eigenvalue weighted by atomic mass is 32.2. The van der Waals surface area contributed by atoms with Crippen molar-refractivity contribution in [3.8, 4) is 0 Å². The fourth-order valence-electron chi connectivity index (χ4n) is 3.91. The minimum Gasteiger partial charge on any atom is -0.358 e. The number of aromatic amines is 1. The number of aromatic nitrogens is 1. The van der Waals surface area contributed by atoms with Crippen molar-refractivity contribution in [3.05, 3.63) is 65.9 Å². The molecule has 0 saturated carbocycles. The number of hydrogen-bond donors (Lipinski definition) is 2. The van der Waals surface area contributed by atoms with Gasteiger partial charge in [-0.2, -0.15) is 4.31 Å². The van der Waals surface area contributed by atoms with Crippen LogP contribution in [0.1, 0.15) is 16.1 Å². The number of nitrogens with one attached hydrogen (secondary N) is 2. The zero-order valence-electron chi connectivity index (χ0n) is 15.8. The van der Waals surface area contributed by atoms with Crippen molar-refractivity contribution in [2.45, 2.75) is 11.8 Å². The van der Waals surface area contributed by atoms with Crippen molar-refractivity contribution >= 4 is 26.7 Å². The molecule has 0 spiro atoms. The molecule has 28 heavy (non-hydrogen) atoms. The maximum Gasteiger partial charge on any atom is 0.243 e. The molecular weight excluding hydrogens is 374 g/mol. The number of Topliss-reactive ketones (excluding diaryl/α,β-unsaturated/α-hetero) is 1. The Morgan fingerprint density at radius 1 is 1.04 bits per heavy atom. The third kappa shape index (κ3) is 3.48. The number of H-pyrrole nitrogens is 1. The van der Waals surface area contributed by atoms with Crippen LogP contribution in [-0.2, 0) is 10.0 Å². The lowest BCUT2D eigenvalue weighted by Gasteiger charge is -2.31. The van der Waals surface area contributed by atoms with Gasteiger partial charge >= 0.3 is 0 Å². The van der Waals surface area contributed by atoms with Gasteiger partial charge in [0.05, 0.1) is 36.6 Å². The molecule has 4 rings (SSSR count). The van der Waals surface area contributed by atoms with Crippen LogP contribution in [0.25, 0.3) is 10.9 Å². The van der Waals surface area contributed by atoms with Crippen LogP contribution in [-0.4, -0.2) is 56.2 Å². The zero-order valence-corrected chi connectivity index (χ0v) is 16.6. The van der Waals surface area contributed by atoms with Gasteiger partial charge in [-0.3, -0.25) is 4.79 Å². The Kier molecular flexibility index (Phi) is 5.05. The molecule has 3 aromatic rings. The van der Waals surface area contributed by atoms with Crippen LogP contribution in [0.5, 0.6) is 0 Å². The van der Waals surface area contributed by atoms with E-state index in [2.05, 4.69) is 4.98 Å². The predicted molar refractivity (Wildman–Crippen MR) is 108 cm³/mol. The van der Waals surface area contributed by atoms with Gasteiger partial charge < -0.3 is 9.88 Å². The molecule has 1 fully saturated rings. The van der Waals surface area contributed by atoms with Crippen LogP contribution in [0.15, 0.2) is 59.5 Å². The second-order valence-corrected chi connectivity index (χ2v) is 9.18. The molecule has 0 radical (unpaired) electrons. The normalized spacial score (nSPS) is 16.5. The molecule has 0 bridgehead atoms. The number of piperazine rings is 1. The predicted octanol–water partition coefficient (Wildman–Crippen LogP) is 1.25. The number of carbonyl (C=O) groups is 1. The van der Waals surface area contributed by atoms with E-state index in [-0.39, 0.29) is 5.78 Å². The Hall–Kier alpha value is -2.48. The van der Waals surface area contributed by atoms with Crippen LogP contribution in [0.3, 0.4) is 0 Å². The molecular formula is C21H24N3O3S+. The first-order valence-corrected chi connectivity index (χ1v) is 10.9. The van der Waals surface area contributed by atoms with Crippen molar-refractivity contribution in [2.75, 3.05) is 32.7 Å². The molecule has 2 N–H and O–H groups in total. The largest absolute Gasteiger partial charge is 0.358 e. The lowest BCUT2D eigenvalue weighted by molar-refractivity contribution is -0.895. The quantitative estimate of drug-likeness (QED) is 0.635. The van der Waals surface area contributed by atoms with E-state index in [9.17, 15) is 13.2 Å². The van der Waals surface area contributed by atoms with Gasteiger partial charge in [-0.15, -0.1) is 0 Å². The van der Waals surface area contributed by atoms with Crippen molar-refractivity contribution in [1.82, 2.24) is 9.29 Å². The smallest absolute Gasteiger partial charge is 0.243 e. The topological polar surface area (TPSA) is 74.7 Å². The number of aryl methyl sites for hydroxylation is 1. The van der Waals surface area contributed by atoms with E-state index in [0.717, 1.165) is 27.1 Å². The Morgan fingerprint density at radius 3 is 2.39 bits per heavy atom. The molecule has 2 aromatic carbocycles. The summed E-state index contributed by atoms with van der Waals surface area (Å²) in [6.45, 7) is 4.40. The van der Waals surface area contributed by atoms with Gasteiger partial charge in [0.2, 0.25) is 15.8 Å². The summed E-state index contributed by atoms with van der Waals surface area (Å²) in [4.78, 5) is 17.7. The van der Waals surface area contributed by atoms with E-state index >= 15 is 0 Å². The summed E-state index contributed by atoms with van der Waals surface area (Å²) in [5, 5.41) is 0.953. The number of fused-ring (bicyclic) bond motifs is 1. The number of sulfonamides is 1. The molecule has 6 nitrogen and oxygen atoms in total. The van der Waals surface area contributed by atoms with E-state index in [1.54, 1.807) is 30.3 Å². The second kappa shape index (κ2) is 7.50. The molecule has 1 aromatic heterocycles. The monoisotopic (exact) mass is 398 g/mol. The standard InChI is InChI=1S/C21H23N3O3S/c1-16-21(18-9-5-6-10-19(18)22-16)20(25)15-23-11-13-24(14-12-23)28(26,27)17-7-3-2-4-8-17/h2-10,22H,11-15H2,1H3/p+1. The first-order valence-electron chi connectivity index (χ1n) is 9.46. The summed E-state index contributed by atoms with van der Waals surface area (Å²) in [5.74, 6) is 0.101. The van der Waals surface area contributed by atoms with Crippen LogP contribution in [0.2, 0.25) is 0 Å². The van der Waals surface area contributed by atoms with Gasteiger partial charge in [0.15, 0.2) is 0 Å². The molecule has 1 aliphatic heterocycles. The average Bonchev–Trinajstić information content (AvgIpc) is 3.05. The molecule has 0 amide bonds. The zero-order chi connectivity index (χ0) is 19.7. The van der Waals surface area contributed by atoms with E-state index in [0.29, 0.717) is 37.6 Å². The van der Waals surface area contributed by atoms with Gasteiger partial charge in [-0.05, 0) is 25.1 Å². The summed E-state index contributed by atoms with van der Waals surface area (Å²) in [6.07, 6.45) is 0. The number of hydrogen-bond acceptors (Lipinski definition) is 3. The number of benzene rings is 2. The highest BCUT2D eigenvalue weighted by Crippen LogP contribution is 2.22. The number of quaternary nitrogens is 1. The second-order valence-electron chi connectivity index (χ2n) is 7.24. The van der Waals surface area contributed by atoms with Gasteiger partial charge in [-0.25, -0.2) is 8.42 Å². The first-order chi connectivity index (χ1) is 13.5. The summed E-state index contributed by atoms with van der Waals surface area (Å²) in [7, 11) is -3.46. The van der Waals surface area contributed by atoms with Crippen LogP contribution in [0, 0.1) is 6.92 Å². The van der Waals surface area contributed by atoms with E-state index in [1.807, 2.05) is 31.2 Å². The maximum atomic E-state index is 12.9. The third-order valence-corrected chi connectivity index (χ3v) is 7.31. The Balaban J connectivity index is 1.43. The molecule has 0 aliphatic carbocycles. The SMILES string of the molecule is Cc1[nH]c2ccccc2c1C(=O)C[NH+]1CCN(S(=O)(=O)c2ccccc2)CC1. The van der Waals surface area contributed by atoms with Crippen molar-refractivity contribution in [2.24, 2.45) is 0 Å². The fourth-order valence-corrected chi connectivity index (χ4v) is 5.38. The minimum atomic E-state index is -3.46. The van der Waals surface area contributed by atoms with E-state index in [4.69, 9.17) is 0 Å². The lowest BCUT2D eigenvalue weighted by Crippen LogP contribution is -3.15. The Bertz CT molecular complexity index is 1100. The highest BCUT2D eigenvalue weighted by Gasteiger charge is 2.31. The third-order valence-electron chi connectivity index (χ3n) is 5.39. The molecule has 1 aliphatic rings. The van der Waals surface area contributed by atoms with Crippen molar-refractivity contribution in [1.29, 1.82) is 0 Å². The fraction of sp³-hybridized carbons (Fsp3) is 0.286. The highest BCUT2D eigenvalue weighted by molar-refractivity contribution is 7.89. The van der Waals surface area contributed by atoms with Crippen LogP contribution in [0.4, 0.5) is 0 Å². The summed E-state index contributed by atoms with van der Waals surface area (Å²) >= 11 is 0. The molecule has 7 heteroatoms. The van der Waals surface area contributed by atoms with Crippen LogP contribution >= 0.6 is 0 Å². The van der Waals surface area contributed by atoms with E-state index in [1.165, 1.54) is 4.31 Å². The van der Waals surface area contributed by atoms with E-state index < -0.39 is 10.0 Å². The summed E-state index contributed by atoms with van der Waals surface area (Å²) < 4.78 is 27.0. The molecule has 146 valence electrons. The molecule has 0 atom stereocenters. The average molecular weight is 399 g/mol. The van der Waals surface area contributed by atoms with Gasteiger partial charge in [0.1, 0.15) is 6.54 Å². The van der Waals surface area contributed by atoms with Gasteiger partial charge in [0.25, 0.3) is 0 Å². The van der Waals surface area contributed by atoms with Gasteiger partial charge in [0, 0.05) is 16.6 Å². The van der Waals surface area contributed by atoms with Gasteiger partial charge in [-0.1, -0.05) is 36.4 Å². The summed E-state index contributed by atoms with van der Waals surface area (Å²) in [5.41, 5.74) is 2.61. The Morgan fingerprint density at radius 2 is 1.68 bits per heavy atom.